The van der Waals surface area contributed by atoms with E-state index in [0.717, 1.165) is 18.8 Å². The Balaban J connectivity index is 0.000000461. The molecule has 0 unspecified atom stereocenters. The van der Waals surface area contributed by atoms with Crippen LogP contribution in [0.1, 0.15) is 33.0 Å². The van der Waals surface area contributed by atoms with E-state index in [1.54, 1.807) is 6.33 Å². The molecule has 1 rings (SSSR count). The van der Waals surface area contributed by atoms with Gasteiger partial charge < -0.3 is 4.57 Å². The van der Waals surface area contributed by atoms with Crippen LogP contribution >= 0.6 is 0 Å². The van der Waals surface area contributed by atoms with E-state index < -0.39 is 0 Å². The topological polar surface area (TPSA) is 30.7 Å². The highest BCUT2D eigenvalue weighted by atomic mass is 15.2. The van der Waals surface area contributed by atoms with Gasteiger partial charge in [0.2, 0.25) is 0 Å². The second-order valence-electron chi connectivity index (χ2n) is 2.07. The number of aromatic nitrogens is 3. The maximum Gasteiger partial charge on any atom is 0.129 e. The van der Waals surface area contributed by atoms with Crippen LogP contribution in [0, 0.1) is 6.92 Å². The molecule has 11 heavy (non-hydrogen) atoms. The van der Waals surface area contributed by atoms with Gasteiger partial charge in [-0.25, -0.2) is 0 Å². The van der Waals surface area contributed by atoms with E-state index in [1.165, 1.54) is 0 Å². The lowest BCUT2D eigenvalue weighted by atomic mass is 10.5. The molecule has 1 aromatic heterocycles. The van der Waals surface area contributed by atoms with Crippen molar-refractivity contribution in [2.45, 2.75) is 40.7 Å². The fourth-order valence-corrected chi connectivity index (χ4v) is 0.773. The first kappa shape index (κ1) is 10.1. The Labute approximate surface area is 68.5 Å². The molecule has 1 heterocycles. The van der Waals surface area contributed by atoms with Crippen molar-refractivity contribution in [3.63, 3.8) is 0 Å². The predicted octanol–water partition coefficient (Wildman–Crippen LogP) is 2.02. The average Bonchev–Trinajstić information content (AvgIpc) is 2.42. The molecule has 3 nitrogen and oxygen atoms in total. The van der Waals surface area contributed by atoms with Crippen LogP contribution in [-0.2, 0) is 6.54 Å². The van der Waals surface area contributed by atoms with E-state index in [2.05, 4.69) is 17.1 Å². The van der Waals surface area contributed by atoms with E-state index in [-0.39, 0.29) is 0 Å². The van der Waals surface area contributed by atoms with Gasteiger partial charge in [-0.2, -0.15) is 0 Å². The molecule has 0 aliphatic heterocycles. The highest BCUT2D eigenvalue weighted by molar-refractivity contribution is 4.78. The number of hydrogen-bond acceptors (Lipinski definition) is 2. The molecule has 64 valence electrons. The third kappa shape index (κ3) is 3.16. The molecule has 0 bridgehead atoms. The predicted molar refractivity (Wildman–Crippen MR) is 46.4 cm³/mol. The Morgan fingerprint density at radius 2 is 2.09 bits per heavy atom. The summed E-state index contributed by atoms with van der Waals surface area (Å²) >= 11 is 0. The molecule has 0 amide bonds. The standard InChI is InChI=1S/C6H11N3.C2H6/c1-3-4-9-5-7-8-6(9)2;1-2/h5H,3-4H2,1-2H3;1-2H3. The molecule has 0 spiro atoms. The molecule has 0 radical (unpaired) electrons. The summed E-state index contributed by atoms with van der Waals surface area (Å²) in [6.45, 7) is 9.13. The monoisotopic (exact) mass is 155 g/mol. The van der Waals surface area contributed by atoms with Crippen LogP contribution in [0.25, 0.3) is 0 Å². The Hall–Kier alpha value is -0.860. The van der Waals surface area contributed by atoms with E-state index in [0.29, 0.717) is 0 Å². The van der Waals surface area contributed by atoms with Crippen LogP contribution < -0.4 is 0 Å². The molecule has 1 aromatic rings. The number of rotatable bonds is 2. The second kappa shape index (κ2) is 5.89. The molecular weight excluding hydrogens is 138 g/mol. The number of aryl methyl sites for hydroxylation is 2. The Morgan fingerprint density at radius 3 is 2.45 bits per heavy atom. The van der Waals surface area contributed by atoms with Gasteiger partial charge in [-0.3, -0.25) is 0 Å². The van der Waals surface area contributed by atoms with E-state index >= 15 is 0 Å². The largest absolute Gasteiger partial charge is 0.318 e. The molecule has 0 N–H and O–H groups in total. The third-order valence-electron chi connectivity index (χ3n) is 1.27. The van der Waals surface area contributed by atoms with Gasteiger partial charge in [-0.15, -0.1) is 10.2 Å². The van der Waals surface area contributed by atoms with Crippen LogP contribution in [0.5, 0.6) is 0 Å². The van der Waals surface area contributed by atoms with Crippen molar-refractivity contribution in [1.82, 2.24) is 14.8 Å². The molecule has 0 aliphatic carbocycles. The van der Waals surface area contributed by atoms with Crippen molar-refractivity contribution in [3.8, 4) is 0 Å². The Kier molecular flexibility index (Phi) is 5.43. The average molecular weight is 155 g/mol. The van der Waals surface area contributed by atoms with Crippen molar-refractivity contribution in [1.29, 1.82) is 0 Å². The van der Waals surface area contributed by atoms with Crippen LogP contribution in [0.3, 0.4) is 0 Å². The summed E-state index contributed by atoms with van der Waals surface area (Å²) in [5.41, 5.74) is 0. The molecule has 0 saturated heterocycles. The van der Waals surface area contributed by atoms with E-state index in [1.807, 2.05) is 25.3 Å². The van der Waals surface area contributed by atoms with E-state index in [4.69, 9.17) is 0 Å². The van der Waals surface area contributed by atoms with Gasteiger partial charge in [0.15, 0.2) is 0 Å². The van der Waals surface area contributed by atoms with Crippen molar-refractivity contribution < 1.29 is 0 Å². The lowest BCUT2D eigenvalue weighted by molar-refractivity contribution is 0.657. The normalized spacial score (nSPS) is 8.73. The lowest BCUT2D eigenvalue weighted by Crippen LogP contribution is -1.96. The highest BCUT2D eigenvalue weighted by Crippen LogP contribution is 1.92. The quantitative estimate of drug-likeness (QED) is 0.654. The smallest absolute Gasteiger partial charge is 0.129 e. The number of nitrogens with zero attached hydrogens (tertiary/aromatic N) is 3. The SMILES string of the molecule is CC.CCCn1cnnc1C. The molecule has 3 heteroatoms. The summed E-state index contributed by atoms with van der Waals surface area (Å²) in [5.74, 6) is 0.997. The van der Waals surface area contributed by atoms with Crippen LogP contribution in [0.4, 0.5) is 0 Å². The summed E-state index contributed by atoms with van der Waals surface area (Å²) in [6, 6.07) is 0. The summed E-state index contributed by atoms with van der Waals surface area (Å²) in [7, 11) is 0. The van der Waals surface area contributed by atoms with Gasteiger partial charge in [-0.05, 0) is 13.3 Å². The Bertz CT molecular complexity index is 181. The van der Waals surface area contributed by atoms with Gasteiger partial charge in [0.05, 0.1) is 0 Å². The molecule has 0 saturated carbocycles. The zero-order chi connectivity index (χ0) is 8.69. The zero-order valence-electron chi connectivity index (χ0n) is 7.83. The minimum Gasteiger partial charge on any atom is -0.318 e. The first-order valence-corrected chi connectivity index (χ1v) is 4.19. The molecule has 0 atom stereocenters. The number of hydrogen-bond donors (Lipinski definition) is 0. The minimum atomic E-state index is 0.997. The summed E-state index contributed by atoms with van der Waals surface area (Å²) in [5, 5.41) is 7.60. The van der Waals surface area contributed by atoms with E-state index in [9.17, 15) is 0 Å². The molecule has 0 aromatic carbocycles. The maximum atomic E-state index is 3.85. The second-order valence-corrected chi connectivity index (χ2v) is 2.07. The van der Waals surface area contributed by atoms with Gasteiger partial charge in [0, 0.05) is 6.54 Å². The third-order valence-corrected chi connectivity index (χ3v) is 1.27. The van der Waals surface area contributed by atoms with Crippen molar-refractivity contribution >= 4 is 0 Å². The van der Waals surface area contributed by atoms with Gasteiger partial charge in [0.25, 0.3) is 0 Å². The first-order chi connectivity index (χ1) is 5.34. The van der Waals surface area contributed by atoms with Crippen molar-refractivity contribution in [2.75, 3.05) is 0 Å². The van der Waals surface area contributed by atoms with Crippen molar-refractivity contribution in [3.05, 3.63) is 12.2 Å². The van der Waals surface area contributed by atoms with Crippen LogP contribution in [0.15, 0.2) is 6.33 Å². The summed E-state index contributed by atoms with van der Waals surface area (Å²) < 4.78 is 2.04. The minimum absolute atomic E-state index is 0.997. The molecular formula is C8H17N3. The maximum absolute atomic E-state index is 3.85. The van der Waals surface area contributed by atoms with Gasteiger partial charge >= 0.3 is 0 Å². The summed E-state index contributed by atoms with van der Waals surface area (Å²) in [6.07, 6.45) is 2.90. The van der Waals surface area contributed by atoms with Crippen LogP contribution in [0.2, 0.25) is 0 Å². The molecule has 0 fully saturated rings. The van der Waals surface area contributed by atoms with Gasteiger partial charge in [0.1, 0.15) is 12.2 Å². The lowest BCUT2D eigenvalue weighted by Gasteiger charge is -1.97. The van der Waals surface area contributed by atoms with Gasteiger partial charge in [-0.1, -0.05) is 20.8 Å². The molecule has 0 aliphatic rings. The Morgan fingerprint density at radius 1 is 1.45 bits per heavy atom. The fourth-order valence-electron chi connectivity index (χ4n) is 0.773. The fraction of sp³-hybridized carbons (Fsp3) is 0.750. The first-order valence-electron chi connectivity index (χ1n) is 4.19. The van der Waals surface area contributed by atoms with Crippen LogP contribution in [-0.4, -0.2) is 14.8 Å². The van der Waals surface area contributed by atoms with Crippen molar-refractivity contribution in [2.24, 2.45) is 0 Å². The zero-order valence-corrected chi connectivity index (χ0v) is 7.83. The highest BCUT2D eigenvalue weighted by Gasteiger charge is 1.93. The summed E-state index contributed by atoms with van der Waals surface area (Å²) in [4.78, 5) is 0.